The van der Waals surface area contributed by atoms with Crippen molar-refractivity contribution in [2.75, 3.05) is 12.3 Å². The Morgan fingerprint density at radius 1 is 1.20 bits per heavy atom. The predicted molar refractivity (Wildman–Crippen MR) is 83.5 cm³/mol. The molecule has 20 heavy (non-hydrogen) atoms. The molecule has 1 amide bonds. The summed E-state index contributed by atoms with van der Waals surface area (Å²) in [7, 11) is 0. The number of hydrogen-bond acceptors (Lipinski definition) is 3. The van der Waals surface area contributed by atoms with Crippen LogP contribution in [0.2, 0.25) is 0 Å². The minimum absolute atomic E-state index is 0.0978. The fourth-order valence-electron chi connectivity index (χ4n) is 2.51. The number of thioether (sulfide) groups is 1. The lowest BCUT2D eigenvalue weighted by atomic mass is 10.1. The Bertz CT molecular complexity index is 413. The maximum atomic E-state index is 11.8. The van der Waals surface area contributed by atoms with Crippen LogP contribution < -0.4 is 5.32 Å². The number of benzene rings is 1. The molecule has 1 saturated carbocycles. The van der Waals surface area contributed by atoms with E-state index >= 15 is 0 Å². The lowest BCUT2D eigenvalue weighted by Crippen LogP contribution is -2.31. The number of rotatable bonds is 7. The number of aliphatic hydroxyl groups is 1. The molecule has 0 unspecified atom stereocenters. The third-order valence-corrected chi connectivity index (χ3v) is 4.78. The Morgan fingerprint density at radius 2 is 1.85 bits per heavy atom. The minimum Gasteiger partial charge on any atom is -0.392 e. The Morgan fingerprint density at radius 3 is 2.50 bits per heavy atom. The van der Waals surface area contributed by atoms with E-state index in [1.54, 1.807) is 0 Å². The highest BCUT2D eigenvalue weighted by atomic mass is 32.2. The average Bonchev–Trinajstić information content (AvgIpc) is 3.01. The number of carbonyl (C=O) groups is 1. The zero-order valence-corrected chi connectivity index (χ0v) is 12.6. The highest BCUT2D eigenvalue weighted by molar-refractivity contribution is 7.98. The summed E-state index contributed by atoms with van der Waals surface area (Å²) in [6, 6.07) is 8.01. The van der Waals surface area contributed by atoms with Gasteiger partial charge in [0.15, 0.2) is 0 Å². The molecule has 1 aliphatic carbocycles. The fraction of sp³-hybridized carbons (Fsp3) is 0.562. The van der Waals surface area contributed by atoms with Gasteiger partial charge in [-0.05, 0) is 24.0 Å². The van der Waals surface area contributed by atoms with E-state index in [0.717, 1.165) is 36.5 Å². The largest absolute Gasteiger partial charge is 0.392 e. The van der Waals surface area contributed by atoms with Crippen LogP contribution in [0.15, 0.2) is 24.3 Å². The second-order valence-corrected chi connectivity index (χ2v) is 6.40. The van der Waals surface area contributed by atoms with Gasteiger partial charge in [0.25, 0.3) is 0 Å². The van der Waals surface area contributed by atoms with Gasteiger partial charge in [-0.1, -0.05) is 37.1 Å². The quantitative estimate of drug-likeness (QED) is 0.760. The number of amides is 1. The maximum absolute atomic E-state index is 11.8. The lowest BCUT2D eigenvalue weighted by molar-refractivity contribution is -0.124. The van der Waals surface area contributed by atoms with Gasteiger partial charge in [0.1, 0.15) is 0 Å². The summed E-state index contributed by atoms with van der Waals surface area (Å²) in [5.41, 5.74) is 2.21. The number of carbonyl (C=O) groups excluding carboxylic acids is 1. The molecule has 0 bridgehead atoms. The fourth-order valence-corrected chi connectivity index (χ4v) is 3.33. The van der Waals surface area contributed by atoms with Crippen molar-refractivity contribution >= 4 is 17.7 Å². The number of hydrogen-bond donors (Lipinski definition) is 2. The SMILES string of the molecule is O=C(NCCSCc1ccc(CO)cc1)C1CCCC1. The van der Waals surface area contributed by atoms with E-state index in [2.05, 4.69) is 17.4 Å². The molecule has 2 rings (SSSR count). The van der Waals surface area contributed by atoms with Crippen LogP contribution in [0.3, 0.4) is 0 Å². The van der Waals surface area contributed by atoms with Crippen LogP contribution in [-0.2, 0) is 17.2 Å². The molecule has 1 fully saturated rings. The van der Waals surface area contributed by atoms with Crippen LogP contribution in [0.1, 0.15) is 36.8 Å². The first kappa shape index (κ1) is 15.4. The van der Waals surface area contributed by atoms with Crippen molar-refractivity contribution in [2.45, 2.75) is 38.0 Å². The highest BCUT2D eigenvalue weighted by Gasteiger charge is 2.21. The lowest BCUT2D eigenvalue weighted by Gasteiger charge is -2.10. The van der Waals surface area contributed by atoms with E-state index in [1.807, 2.05) is 23.9 Å². The van der Waals surface area contributed by atoms with E-state index in [0.29, 0.717) is 0 Å². The number of aliphatic hydroxyl groups excluding tert-OH is 1. The first-order valence-corrected chi connectivity index (χ1v) is 8.49. The minimum atomic E-state index is 0.0978. The summed E-state index contributed by atoms with van der Waals surface area (Å²) < 4.78 is 0. The average molecular weight is 293 g/mol. The molecule has 0 atom stereocenters. The first-order chi connectivity index (χ1) is 9.79. The molecular weight excluding hydrogens is 270 g/mol. The van der Waals surface area contributed by atoms with Gasteiger partial charge >= 0.3 is 0 Å². The van der Waals surface area contributed by atoms with Crippen molar-refractivity contribution in [3.63, 3.8) is 0 Å². The Kier molecular flexibility index (Phi) is 6.40. The monoisotopic (exact) mass is 293 g/mol. The Labute approximate surface area is 125 Å². The summed E-state index contributed by atoms with van der Waals surface area (Å²) in [5.74, 6) is 2.41. The van der Waals surface area contributed by atoms with Gasteiger partial charge in [-0.25, -0.2) is 0 Å². The zero-order valence-electron chi connectivity index (χ0n) is 11.8. The van der Waals surface area contributed by atoms with E-state index in [1.165, 1.54) is 18.4 Å². The third-order valence-electron chi connectivity index (χ3n) is 3.75. The van der Waals surface area contributed by atoms with Crippen LogP contribution in [-0.4, -0.2) is 23.3 Å². The zero-order chi connectivity index (χ0) is 14.2. The molecule has 110 valence electrons. The molecule has 1 aromatic carbocycles. The molecule has 0 aromatic heterocycles. The molecule has 0 aliphatic heterocycles. The van der Waals surface area contributed by atoms with Gasteiger partial charge in [0.2, 0.25) is 5.91 Å². The van der Waals surface area contributed by atoms with Crippen LogP contribution in [0.5, 0.6) is 0 Å². The van der Waals surface area contributed by atoms with Crippen molar-refractivity contribution in [3.8, 4) is 0 Å². The van der Waals surface area contributed by atoms with Crippen molar-refractivity contribution in [3.05, 3.63) is 35.4 Å². The third kappa shape index (κ3) is 4.84. The van der Waals surface area contributed by atoms with E-state index in [9.17, 15) is 4.79 Å². The second kappa shape index (κ2) is 8.32. The maximum Gasteiger partial charge on any atom is 0.223 e. The second-order valence-electron chi connectivity index (χ2n) is 5.30. The van der Waals surface area contributed by atoms with Gasteiger partial charge < -0.3 is 10.4 Å². The summed E-state index contributed by atoms with van der Waals surface area (Å²) in [6.07, 6.45) is 4.54. The standard InChI is InChI=1S/C16H23NO2S/c18-11-13-5-7-14(8-6-13)12-20-10-9-17-16(19)15-3-1-2-4-15/h5-8,15,18H,1-4,9-12H2,(H,17,19). The van der Waals surface area contributed by atoms with E-state index in [4.69, 9.17) is 5.11 Å². The van der Waals surface area contributed by atoms with Crippen LogP contribution >= 0.6 is 11.8 Å². The molecule has 2 N–H and O–H groups in total. The normalized spacial score (nSPS) is 15.4. The molecule has 1 aromatic rings. The highest BCUT2D eigenvalue weighted by Crippen LogP contribution is 2.24. The van der Waals surface area contributed by atoms with Crippen molar-refractivity contribution in [2.24, 2.45) is 5.92 Å². The van der Waals surface area contributed by atoms with E-state index in [-0.39, 0.29) is 18.4 Å². The van der Waals surface area contributed by atoms with Gasteiger partial charge in [-0.15, -0.1) is 0 Å². The van der Waals surface area contributed by atoms with Gasteiger partial charge in [-0.2, -0.15) is 11.8 Å². The molecular formula is C16H23NO2S. The summed E-state index contributed by atoms with van der Waals surface area (Å²) >= 11 is 1.83. The predicted octanol–water partition coefficient (Wildman–Crippen LogP) is 2.72. The molecule has 0 radical (unpaired) electrons. The Balaban J connectivity index is 1.57. The van der Waals surface area contributed by atoms with Gasteiger partial charge in [-0.3, -0.25) is 4.79 Å². The summed E-state index contributed by atoms with van der Waals surface area (Å²) in [6.45, 7) is 0.856. The molecule has 4 heteroatoms. The topological polar surface area (TPSA) is 49.3 Å². The van der Waals surface area contributed by atoms with Crippen molar-refractivity contribution in [1.29, 1.82) is 0 Å². The Hall–Kier alpha value is -1.00. The molecule has 0 heterocycles. The van der Waals surface area contributed by atoms with Crippen LogP contribution in [0.4, 0.5) is 0 Å². The van der Waals surface area contributed by atoms with Gasteiger partial charge in [0, 0.05) is 24.0 Å². The molecule has 0 saturated heterocycles. The van der Waals surface area contributed by atoms with Gasteiger partial charge in [0.05, 0.1) is 6.61 Å². The van der Waals surface area contributed by atoms with E-state index < -0.39 is 0 Å². The van der Waals surface area contributed by atoms with Crippen molar-refractivity contribution in [1.82, 2.24) is 5.32 Å². The summed E-state index contributed by atoms with van der Waals surface area (Å²) in [5, 5.41) is 12.0. The first-order valence-electron chi connectivity index (χ1n) is 7.33. The number of nitrogens with one attached hydrogen (secondary N) is 1. The smallest absolute Gasteiger partial charge is 0.223 e. The van der Waals surface area contributed by atoms with Crippen molar-refractivity contribution < 1.29 is 9.90 Å². The van der Waals surface area contributed by atoms with Crippen LogP contribution in [0.25, 0.3) is 0 Å². The molecule has 1 aliphatic rings. The molecule has 3 nitrogen and oxygen atoms in total. The molecule has 0 spiro atoms. The van der Waals surface area contributed by atoms with Crippen LogP contribution in [0, 0.1) is 5.92 Å². The summed E-state index contributed by atoms with van der Waals surface area (Å²) in [4.78, 5) is 11.8.